The predicted molar refractivity (Wildman–Crippen MR) is 329 cm³/mol. The molecule has 6 aromatic rings. The van der Waals surface area contributed by atoms with Gasteiger partial charge in [0, 0.05) is 118 Å². The summed E-state index contributed by atoms with van der Waals surface area (Å²) in [6.45, 7) is 13.0. The van der Waals surface area contributed by atoms with Gasteiger partial charge in [-0.25, -0.2) is 42.3 Å². The van der Waals surface area contributed by atoms with Crippen molar-refractivity contribution in [2.45, 2.75) is 75.0 Å². The first-order valence-corrected chi connectivity index (χ1v) is 30.1. The number of halogens is 4. The van der Waals surface area contributed by atoms with Gasteiger partial charge in [-0.05, 0) is 105 Å². The van der Waals surface area contributed by atoms with E-state index < -0.39 is 61.2 Å². The number of alkyl halides is 4. The van der Waals surface area contributed by atoms with E-state index in [4.69, 9.17) is 29.2 Å². The molecule has 1 amide bonds. The molecular formula is C64H72F4N14O9. The van der Waals surface area contributed by atoms with Crippen molar-refractivity contribution in [1.29, 1.82) is 10.5 Å². The van der Waals surface area contributed by atoms with E-state index >= 15 is 0 Å². The lowest BCUT2D eigenvalue weighted by Gasteiger charge is -2.43. The molecule has 2 unspecified atom stereocenters. The van der Waals surface area contributed by atoms with Gasteiger partial charge in [0.2, 0.25) is 0 Å². The number of carbonyl (C=O) groups is 2. The number of ether oxygens (including phenoxy) is 4. The molecule has 6 fully saturated rings. The van der Waals surface area contributed by atoms with Gasteiger partial charge < -0.3 is 64.9 Å². The van der Waals surface area contributed by atoms with Crippen molar-refractivity contribution in [3.05, 3.63) is 121 Å². The van der Waals surface area contributed by atoms with Crippen LogP contribution >= 0.6 is 0 Å². The van der Waals surface area contributed by atoms with Gasteiger partial charge in [-0.1, -0.05) is 0 Å². The Balaban J connectivity index is 0.000000184. The molecular weight excluding hydrogens is 1180 g/mol. The average molecular weight is 1260 g/mol. The lowest BCUT2D eigenvalue weighted by atomic mass is 10.0. The Bertz CT molecular complexity index is 3540. The number of rotatable bonds is 16. The number of anilines is 6. The number of hydrogen-bond acceptors (Lipinski definition) is 21. The van der Waals surface area contributed by atoms with Crippen molar-refractivity contribution < 1.29 is 61.4 Å². The lowest BCUT2D eigenvalue weighted by molar-refractivity contribution is -0.165. The number of hydrogen-bond donors (Lipinski definition) is 6. The summed E-state index contributed by atoms with van der Waals surface area (Å²) in [5.41, 5.74) is 6.75. The molecule has 8 heterocycles. The third-order valence-electron chi connectivity index (χ3n) is 16.6. The Morgan fingerprint density at radius 2 is 1.05 bits per heavy atom. The number of nitrogens with zero attached hydrogens (tertiary/aromatic N) is 11. The Morgan fingerprint density at radius 1 is 0.615 bits per heavy atom. The number of carboxylic acids is 1. The van der Waals surface area contributed by atoms with E-state index in [1.54, 1.807) is 36.4 Å². The minimum absolute atomic E-state index is 0.0109. The van der Waals surface area contributed by atoms with Gasteiger partial charge in [-0.2, -0.15) is 10.5 Å². The monoisotopic (exact) mass is 1260 g/mol. The molecule has 0 spiro atoms. The van der Waals surface area contributed by atoms with E-state index in [0.29, 0.717) is 52.8 Å². The number of piperidine rings is 2. The Labute approximate surface area is 523 Å². The first-order chi connectivity index (χ1) is 43.8. The van der Waals surface area contributed by atoms with Crippen LogP contribution in [0.15, 0.2) is 110 Å². The fraction of sp³-hybridized carbons (Fsp3) is 0.438. The van der Waals surface area contributed by atoms with Gasteiger partial charge in [0.15, 0.2) is 12.2 Å². The van der Waals surface area contributed by atoms with Gasteiger partial charge in [0.1, 0.15) is 60.1 Å². The average Bonchev–Trinajstić information content (AvgIpc) is 0.904. The summed E-state index contributed by atoms with van der Waals surface area (Å²) < 4.78 is 80.1. The highest BCUT2D eigenvalue weighted by molar-refractivity contribution is 5.80. The molecule has 27 heteroatoms. The van der Waals surface area contributed by atoms with Crippen molar-refractivity contribution in [2.75, 3.05) is 125 Å². The van der Waals surface area contributed by atoms with Gasteiger partial charge in [-0.15, -0.1) is 0 Å². The number of aliphatic hydroxyl groups is 2. The molecule has 6 aliphatic heterocycles. The van der Waals surface area contributed by atoms with Crippen molar-refractivity contribution in [1.82, 2.24) is 40.0 Å². The Kier molecular flexibility index (Phi) is 21.1. The number of nitrogens with one attached hydrogen (secondary N) is 3. The maximum Gasteiger partial charge on any atom is 0.332 e. The van der Waals surface area contributed by atoms with Crippen LogP contribution in [-0.2, 0) is 19.1 Å². The van der Waals surface area contributed by atoms with E-state index in [1.807, 2.05) is 30.3 Å². The first kappa shape index (κ1) is 65.2. The number of aliphatic hydroxyl groups excluding tert-OH is 2. The van der Waals surface area contributed by atoms with Crippen LogP contribution in [0.5, 0.6) is 11.5 Å². The van der Waals surface area contributed by atoms with Crippen molar-refractivity contribution in [3.8, 4) is 46.2 Å². The van der Waals surface area contributed by atoms with Crippen LogP contribution < -0.4 is 35.2 Å². The van der Waals surface area contributed by atoms with Crippen molar-refractivity contribution >= 4 is 46.3 Å². The highest BCUT2D eigenvalue weighted by Gasteiger charge is 2.48. The molecule has 0 bridgehead atoms. The van der Waals surface area contributed by atoms with Crippen LogP contribution in [-0.4, -0.2) is 215 Å². The number of aromatic nitrogens is 4. The second-order valence-electron chi connectivity index (χ2n) is 22.9. The highest BCUT2D eigenvalue weighted by atomic mass is 19.3. The Morgan fingerprint density at radius 3 is 1.43 bits per heavy atom. The van der Waals surface area contributed by atoms with Crippen LogP contribution in [0.2, 0.25) is 0 Å². The Hall–Kier alpha value is -8.80. The normalized spacial score (nSPS) is 20.7. The zero-order chi connectivity index (χ0) is 64.2. The molecule has 0 saturated carbocycles. The zero-order valence-corrected chi connectivity index (χ0v) is 50.3. The number of amides is 1. The smallest absolute Gasteiger partial charge is 0.332 e. The number of benzene rings is 4. The quantitative estimate of drug-likeness (QED) is 0.0573. The molecule has 23 nitrogen and oxygen atoms in total. The van der Waals surface area contributed by atoms with E-state index in [-0.39, 0.29) is 42.0 Å². The topological polar surface area (TPSA) is 283 Å². The van der Waals surface area contributed by atoms with Gasteiger partial charge in [0.25, 0.3) is 11.8 Å². The summed E-state index contributed by atoms with van der Waals surface area (Å²) in [5.74, 6) is -6.99. The minimum atomic E-state index is -3.36. The third-order valence-corrected chi connectivity index (χ3v) is 16.6. The molecule has 4 aromatic carbocycles. The number of carbonyl (C=O) groups excluding carboxylic acids is 1. The van der Waals surface area contributed by atoms with Crippen molar-refractivity contribution in [2.24, 2.45) is 0 Å². The minimum Gasteiger partial charge on any atom is -0.483 e. The first-order valence-electron chi connectivity index (χ1n) is 30.1. The van der Waals surface area contributed by atoms with Crippen LogP contribution in [0.1, 0.15) is 37.8 Å². The van der Waals surface area contributed by atoms with Gasteiger partial charge in [0.05, 0.1) is 74.1 Å². The van der Waals surface area contributed by atoms with E-state index in [1.165, 1.54) is 44.3 Å². The lowest BCUT2D eigenvalue weighted by Crippen LogP contribution is -2.56. The number of nitriles is 2. The fourth-order valence-corrected chi connectivity index (χ4v) is 11.1. The largest absolute Gasteiger partial charge is 0.483 e. The summed E-state index contributed by atoms with van der Waals surface area (Å²) >= 11 is 0. The number of piperazine rings is 2. The molecule has 2 aromatic heterocycles. The fourth-order valence-electron chi connectivity index (χ4n) is 11.1. The SMILES string of the molecule is C[C@@H](O)C(=O)N1CCC(Oc2ccc(-c3cc(Nc4ccc(N5CCN(C6COC6)CC5)cc4)ncn3)cc2C#N)C(F)(F)C1.C[C@@H](O)C(=O)O.N#Cc1cc(-c2cc(Nc3ccc(N4CCN(C5COC5)CC4)cc3)ncn2)ccc1OC1CCNCC1(F)F. The predicted octanol–water partition coefficient (Wildman–Crippen LogP) is 6.38. The zero-order valence-electron chi connectivity index (χ0n) is 50.3. The van der Waals surface area contributed by atoms with E-state index in [0.717, 1.165) is 101 Å². The van der Waals surface area contributed by atoms with E-state index in [2.05, 4.69) is 85.8 Å². The molecule has 91 heavy (non-hydrogen) atoms. The number of aliphatic carboxylic acids is 1. The summed E-state index contributed by atoms with van der Waals surface area (Å²) in [7, 11) is 0. The summed E-state index contributed by atoms with van der Waals surface area (Å²) in [5, 5.41) is 54.0. The number of carboxylic acid groups (broad SMARTS) is 1. The standard InChI is InChI=1S/C32H35F2N7O4.C29H31F2N7O2.C3H6O3/c1-21(42)31(43)41-9-8-29(32(33,34)19-41)45-28-7-2-22(14-23(28)16-35)27-15-30(37-20-36-27)38-24-3-5-25(6-4-24)39-10-12-40(13-11-39)26-17-44-18-26;30-29(31)18-33-8-7-27(29)40-26-6-1-20(13-21(26)15-32)25-14-28(35-19-34-25)36-22-2-4-23(5-3-22)37-9-11-38(12-10-37)24-16-39-17-24;1-2(4)3(5)6/h2-7,14-15,20-21,26,29,42H,8-13,17-19H2,1H3,(H,36,37,38);1-6,13-14,19,24,27,33H,7-12,16-18H2,(H,34,35,36);2,4H,1H3,(H,5,6)/t21-,29?;;2-/m1.1/s1. The molecule has 0 radical (unpaired) electrons. The maximum absolute atomic E-state index is 14.9. The summed E-state index contributed by atoms with van der Waals surface area (Å²) in [4.78, 5) is 49.5. The molecule has 6 saturated heterocycles. The van der Waals surface area contributed by atoms with E-state index in [9.17, 15) is 42.8 Å². The van der Waals surface area contributed by atoms with Crippen LogP contribution in [0.4, 0.5) is 51.9 Å². The van der Waals surface area contributed by atoms with Crippen LogP contribution in [0, 0.1) is 22.7 Å². The van der Waals surface area contributed by atoms with Gasteiger partial charge >= 0.3 is 11.9 Å². The van der Waals surface area contributed by atoms with Crippen molar-refractivity contribution in [3.63, 3.8) is 0 Å². The second kappa shape index (κ2) is 29.4. The van der Waals surface area contributed by atoms with Crippen LogP contribution in [0.3, 0.4) is 0 Å². The molecule has 0 aliphatic carbocycles. The molecule has 6 N–H and O–H groups in total. The molecule has 12 rings (SSSR count). The third kappa shape index (κ3) is 16.6. The summed E-state index contributed by atoms with van der Waals surface area (Å²) in [6.07, 6.45) is -2.52. The second-order valence-corrected chi connectivity index (χ2v) is 22.9. The molecule has 480 valence electrons. The van der Waals surface area contributed by atoms with Gasteiger partial charge in [-0.3, -0.25) is 14.6 Å². The highest BCUT2D eigenvalue weighted by Crippen LogP contribution is 2.36. The van der Waals surface area contributed by atoms with Crippen LogP contribution in [0.25, 0.3) is 22.5 Å². The number of likely N-dealkylation sites (tertiary alicyclic amines) is 1. The molecule has 6 aliphatic rings. The molecule has 4 atom stereocenters. The summed E-state index contributed by atoms with van der Waals surface area (Å²) in [6, 6.07) is 34.8. The maximum atomic E-state index is 14.9.